The van der Waals surface area contributed by atoms with Gasteiger partial charge in [-0.1, -0.05) is 31.5 Å². The van der Waals surface area contributed by atoms with Crippen LogP contribution in [0.5, 0.6) is 0 Å². The lowest BCUT2D eigenvalue weighted by molar-refractivity contribution is 0.0940. The highest BCUT2D eigenvalue weighted by Gasteiger charge is 2.24. The molecule has 4 nitrogen and oxygen atoms in total. The van der Waals surface area contributed by atoms with E-state index in [1.54, 1.807) is 6.20 Å². The van der Waals surface area contributed by atoms with Crippen LogP contribution >= 0.6 is 0 Å². The number of aromatic nitrogens is 1. The Morgan fingerprint density at radius 1 is 1.26 bits per heavy atom. The first-order chi connectivity index (χ1) is 11.3. The minimum absolute atomic E-state index is 0.0147. The molecule has 1 aromatic carbocycles. The van der Waals surface area contributed by atoms with Crippen molar-refractivity contribution in [3.63, 3.8) is 0 Å². The van der Waals surface area contributed by atoms with E-state index in [0.29, 0.717) is 0 Å². The second-order valence-electron chi connectivity index (χ2n) is 6.04. The van der Waals surface area contributed by atoms with E-state index in [4.69, 9.17) is 0 Å². The molecule has 1 N–H and O–H groups in total. The Morgan fingerprint density at radius 3 is 2.78 bits per heavy atom. The average molecular weight is 309 g/mol. The van der Waals surface area contributed by atoms with Gasteiger partial charge in [0.2, 0.25) is 0 Å². The number of hydrogen-bond donors (Lipinski definition) is 1. The van der Waals surface area contributed by atoms with E-state index in [-0.39, 0.29) is 11.9 Å². The van der Waals surface area contributed by atoms with Gasteiger partial charge in [0.1, 0.15) is 5.82 Å². The molecule has 0 aliphatic carbocycles. The second kappa shape index (κ2) is 7.27. The molecule has 0 radical (unpaired) electrons. The average Bonchev–Trinajstić information content (AvgIpc) is 3.05. The summed E-state index contributed by atoms with van der Waals surface area (Å²) in [5, 5.41) is 3.14. The summed E-state index contributed by atoms with van der Waals surface area (Å²) in [6, 6.07) is 14.0. The van der Waals surface area contributed by atoms with Gasteiger partial charge in [0.05, 0.1) is 0 Å². The minimum atomic E-state index is 0.0147. The van der Waals surface area contributed by atoms with Crippen LogP contribution in [0.4, 0.5) is 5.82 Å². The number of nitrogens with zero attached hydrogens (tertiary/aromatic N) is 2. The lowest BCUT2D eigenvalue weighted by Crippen LogP contribution is -2.37. The molecule has 1 aliphatic rings. The van der Waals surface area contributed by atoms with Crippen LogP contribution in [-0.2, 0) is 6.42 Å². The van der Waals surface area contributed by atoms with Gasteiger partial charge in [-0.15, -0.1) is 0 Å². The highest BCUT2D eigenvalue weighted by Crippen LogP contribution is 2.17. The van der Waals surface area contributed by atoms with Crippen molar-refractivity contribution >= 4 is 11.7 Å². The molecule has 1 saturated heterocycles. The van der Waals surface area contributed by atoms with Crippen LogP contribution in [0, 0.1) is 0 Å². The molecule has 120 valence electrons. The number of amides is 1. The van der Waals surface area contributed by atoms with Crippen LogP contribution in [0.25, 0.3) is 0 Å². The van der Waals surface area contributed by atoms with E-state index in [2.05, 4.69) is 22.1 Å². The summed E-state index contributed by atoms with van der Waals surface area (Å²) in [4.78, 5) is 19.0. The normalized spacial score (nSPS) is 17.3. The number of carbonyl (C=O) groups is 1. The summed E-state index contributed by atoms with van der Waals surface area (Å²) in [6.07, 6.45) is 4.94. The van der Waals surface area contributed by atoms with Gasteiger partial charge in [-0.2, -0.15) is 0 Å². The van der Waals surface area contributed by atoms with E-state index in [1.165, 1.54) is 5.56 Å². The van der Waals surface area contributed by atoms with Crippen LogP contribution in [0.1, 0.15) is 35.7 Å². The van der Waals surface area contributed by atoms with Crippen molar-refractivity contribution in [2.45, 2.75) is 32.2 Å². The molecule has 0 spiro atoms. The summed E-state index contributed by atoms with van der Waals surface area (Å²) in [7, 11) is 0. The maximum absolute atomic E-state index is 12.4. The largest absolute Gasteiger partial charge is 0.354 e. The lowest BCUT2D eigenvalue weighted by Gasteiger charge is -2.17. The van der Waals surface area contributed by atoms with Crippen molar-refractivity contribution in [1.82, 2.24) is 10.3 Å². The van der Waals surface area contributed by atoms with Crippen LogP contribution in [0.2, 0.25) is 0 Å². The maximum Gasteiger partial charge on any atom is 0.251 e. The van der Waals surface area contributed by atoms with Gasteiger partial charge in [0.15, 0.2) is 0 Å². The van der Waals surface area contributed by atoms with Crippen molar-refractivity contribution in [3.8, 4) is 0 Å². The fourth-order valence-electron chi connectivity index (χ4n) is 3.01. The third kappa shape index (κ3) is 3.89. The van der Waals surface area contributed by atoms with Crippen molar-refractivity contribution in [2.75, 3.05) is 18.0 Å². The third-order valence-corrected chi connectivity index (χ3v) is 4.25. The molecule has 0 saturated carbocycles. The molecule has 1 aliphatic heterocycles. The standard InChI is InChI=1S/C19H23N3O/c1-2-5-15-7-9-16(10-8-15)19(23)21-17-11-13-22(14-17)18-6-3-4-12-20-18/h3-4,6-10,12,17H,2,5,11,13-14H2,1H3,(H,21,23). The Hall–Kier alpha value is -2.36. The zero-order valence-corrected chi connectivity index (χ0v) is 13.5. The Kier molecular flexibility index (Phi) is 4.91. The number of pyridine rings is 1. The van der Waals surface area contributed by atoms with E-state index in [9.17, 15) is 4.79 Å². The number of carbonyl (C=O) groups excluding carboxylic acids is 1. The summed E-state index contributed by atoms with van der Waals surface area (Å²) < 4.78 is 0. The van der Waals surface area contributed by atoms with E-state index in [0.717, 1.165) is 43.7 Å². The van der Waals surface area contributed by atoms with Crippen molar-refractivity contribution < 1.29 is 4.79 Å². The molecule has 2 aromatic rings. The number of anilines is 1. The summed E-state index contributed by atoms with van der Waals surface area (Å²) in [6.45, 7) is 3.90. The van der Waals surface area contributed by atoms with E-state index >= 15 is 0 Å². The van der Waals surface area contributed by atoms with Crippen LogP contribution < -0.4 is 10.2 Å². The SMILES string of the molecule is CCCc1ccc(C(=O)NC2CCN(c3ccccn3)C2)cc1. The number of benzene rings is 1. The molecule has 3 rings (SSSR count). The second-order valence-corrected chi connectivity index (χ2v) is 6.04. The topological polar surface area (TPSA) is 45.2 Å². The molecule has 1 aromatic heterocycles. The lowest BCUT2D eigenvalue weighted by atomic mass is 10.1. The van der Waals surface area contributed by atoms with Gasteiger partial charge < -0.3 is 10.2 Å². The van der Waals surface area contributed by atoms with Crippen molar-refractivity contribution in [1.29, 1.82) is 0 Å². The van der Waals surface area contributed by atoms with Crippen LogP contribution in [0.15, 0.2) is 48.7 Å². The van der Waals surface area contributed by atoms with Crippen molar-refractivity contribution in [2.24, 2.45) is 0 Å². The smallest absolute Gasteiger partial charge is 0.251 e. The first-order valence-corrected chi connectivity index (χ1v) is 8.32. The molecular weight excluding hydrogens is 286 g/mol. The summed E-state index contributed by atoms with van der Waals surface area (Å²) >= 11 is 0. The summed E-state index contributed by atoms with van der Waals surface area (Å²) in [5.74, 6) is 0.995. The van der Waals surface area contributed by atoms with Gasteiger partial charge in [0.25, 0.3) is 5.91 Å². The third-order valence-electron chi connectivity index (χ3n) is 4.25. The van der Waals surface area contributed by atoms with Crippen molar-refractivity contribution in [3.05, 3.63) is 59.8 Å². The fraction of sp³-hybridized carbons (Fsp3) is 0.368. The van der Waals surface area contributed by atoms with Crippen LogP contribution in [0.3, 0.4) is 0 Å². The molecule has 23 heavy (non-hydrogen) atoms. The van der Waals surface area contributed by atoms with Gasteiger partial charge in [-0.3, -0.25) is 4.79 Å². The molecule has 0 bridgehead atoms. The summed E-state index contributed by atoms with van der Waals surface area (Å²) in [5.41, 5.74) is 2.02. The molecular formula is C19H23N3O. The van der Waals surface area contributed by atoms with Gasteiger partial charge in [-0.05, 0) is 42.7 Å². The molecule has 1 unspecified atom stereocenters. The number of nitrogens with one attached hydrogen (secondary N) is 1. The van der Waals surface area contributed by atoms with E-state index < -0.39 is 0 Å². The number of hydrogen-bond acceptors (Lipinski definition) is 3. The Labute approximate surface area is 137 Å². The molecule has 4 heteroatoms. The minimum Gasteiger partial charge on any atom is -0.354 e. The molecule has 1 fully saturated rings. The Balaban J connectivity index is 1.56. The van der Waals surface area contributed by atoms with Crippen LogP contribution in [-0.4, -0.2) is 30.0 Å². The molecule has 1 amide bonds. The fourth-order valence-corrected chi connectivity index (χ4v) is 3.01. The molecule has 1 atom stereocenters. The quantitative estimate of drug-likeness (QED) is 0.923. The van der Waals surface area contributed by atoms with Gasteiger partial charge >= 0.3 is 0 Å². The Morgan fingerprint density at radius 2 is 2.09 bits per heavy atom. The highest BCUT2D eigenvalue weighted by atomic mass is 16.1. The van der Waals surface area contributed by atoms with Gasteiger partial charge in [-0.25, -0.2) is 4.98 Å². The highest BCUT2D eigenvalue weighted by molar-refractivity contribution is 5.94. The first-order valence-electron chi connectivity index (χ1n) is 8.32. The zero-order valence-electron chi connectivity index (χ0n) is 13.5. The predicted molar refractivity (Wildman–Crippen MR) is 92.8 cm³/mol. The molecule has 2 heterocycles. The maximum atomic E-state index is 12.4. The predicted octanol–water partition coefficient (Wildman–Crippen LogP) is 3.04. The van der Waals surface area contributed by atoms with Gasteiger partial charge in [0, 0.05) is 30.9 Å². The Bertz CT molecular complexity index is 639. The first kappa shape index (κ1) is 15.5. The van der Waals surface area contributed by atoms with E-state index in [1.807, 2.05) is 42.5 Å². The number of rotatable bonds is 5. The monoisotopic (exact) mass is 309 g/mol. The zero-order chi connectivity index (χ0) is 16.1. The number of aryl methyl sites for hydroxylation is 1.